The van der Waals surface area contributed by atoms with E-state index in [0.717, 1.165) is 5.13 Å². The van der Waals surface area contributed by atoms with E-state index in [4.69, 9.17) is 11.6 Å². The third kappa shape index (κ3) is 3.16. The molecule has 0 unspecified atom stereocenters. The Morgan fingerprint density at radius 3 is 3.00 bits per heavy atom. The molecule has 1 aromatic rings. The second-order valence-electron chi connectivity index (χ2n) is 2.70. The number of carbonyl (C=O) groups excluding carboxylic acids is 1. The number of hydrogen-bond donors (Lipinski definition) is 0. The molecule has 1 heterocycles. The van der Waals surface area contributed by atoms with E-state index in [9.17, 15) is 4.79 Å². The first-order valence-electron chi connectivity index (χ1n) is 4.02. The Labute approximate surface area is 91.5 Å². The largest absolute Gasteiger partial charge is 0.469 e. The summed E-state index contributed by atoms with van der Waals surface area (Å²) in [4.78, 5) is 16.8. The van der Waals surface area contributed by atoms with Crippen molar-refractivity contribution < 1.29 is 9.53 Å². The van der Waals surface area contributed by atoms with Crippen LogP contribution in [0.4, 0.5) is 5.13 Å². The first kappa shape index (κ1) is 11.3. The number of esters is 1. The van der Waals surface area contributed by atoms with Crippen LogP contribution in [0, 0.1) is 0 Å². The maximum absolute atomic E-state index is 10.9. The summed E-state index contributed by atoms with van der Waals surface area (Å²) >= 11 is 7.12. The number of aromatic nitrogens is 1. The fraction of sp³-hybridized carbons (Fsp3) is 0.500. The highest BCUT2D eigenvalue weighted by atomic mass is 35.5. The van der Waals surface area contributed by atoms with Gasteiger partial charge in [-0.15, -0.1) is 11.3 Å². The highest BCUT2D eigenvalue weighted by Gasteiger charge is 2.08. The van der Waals surface area contributed by atoms with Crippen molar-refractivity contribution in [2.24, 2.45) is 0 Å². The molecule has 0 bridgehead atoms. The fourth-order valence-corrected chi connectivity index (χ4v) is 1.82. The van der Waals surface area contributed by atoms with Crippen molar-refractivity contribution in [1.82, 2.24) is 4.98 Å². The zero-order chi connectivity index (χ0) is 10.6. The Morgan fingerprint density at radius 1 is 1.79 bits per heavy atom. The number of methoxy groups -OCH3 is 1. The van der Waals surface area contributed by atoms with Crippen molar-refractivity contribution in [3.63, 3.8) is 0 Å². The molecule has 14 heavy (non-hydrogen) atoms. The molecule has 0 aromatic carbocycles. The van der Waals surface area contributed by atoms with Crippen molar-refractivity contribution in [2.45, 2.75) is 6.42 Å². The maximum Gasteiger partial charge on any atom is 0.307 e. The summed E-state index contributed by atoms with van der Waals surface area (Å²) in [5, 5.41) is 3.04. The minimum Gasteiger partial charge on any atom is -0.469 e. The van der Waals surface area contributed by atoms with Crippen LogP contribution in [0.1, 0.15) is 6.42 Å². The van der Waals surface area contributed by atoms with Crippen LogP contribution in [0.2, 0.25) is 5.15 Å². The van der Waals surface area contributed by atoms with E-state index in [1.54, 1.807) is 5.38 Å². The monoisotopic (exact) mass is 234 g/mol. The average molecular weight is 235 g/mol. The molecule has 0 fully saturated rings. The van der Waals surface area contributed by atoms with Crippen LogP contribution < -0.4 is 4.90 Å². The SMILES string of the molecule is COC(=O)CCN(C)c1nc(Cl)cs1. The number of nitrogens with zero attached hydrogens (tertiary/aromatic N) is 2. The molecule has 0 atom stereocenters. The van der Waals surface area contributed by atoms with Gasteiger partial charge in [-0.3, -0.25) is 4.79 Å². The van der Waals surface area contributed by atoms with E-state index < -0.39 is 0 Å². The average Bonchev–Trinajstić information content (AvgIpc) is 2.60. The van der Waals surface area contributed by atoms with E-state index in [0.29, 0.717) is 18.1 Å². The van der Waals surface area contributed by atoms with E-state index in [1.165, 1.54) is 18.4 Å². The Balaban J connectivity index is 2.42. The van der Waals surface area contributed by atoms with Gasteiger partial charge in [-0.2, -0.15) is 0 Å². The van der Waals surface area contributed by atoms with Crippen LogP contribution in [0.25, 0.3) is 0 Å². The van der Waals surface area contributed by atoms with Gasteiger partial charge in [-0.1, -0.05) is 11.6 Å². The molecule has 6 heteroatoms. The van der Waals surface area contributed by atoms with Crippen LogP contribution in [0.15, 0.2) is 5.38 Å². The molecule has 0 spiro atoms. The summed E-state index contributed by atoms with van der Waals surface area (Å²) in [7, 11) is 3.24. The standard InChI is InChI=1S/C8H11ClN2O2S/c1-11(4-3-7(12)13-2)8-10-6(9)5-14-8/h5H,3-4H2,1-2H3. The first-order valence-corrected chi connectivity index (χ1v) is 5.28. The third-order valence-corrected chi connectivity index (χ3v) is 2.95. The smallest absolute Gasteiger partial charge is 0.307 e. The van der Waals surface area contributed by atoms with Gasteiger partial charge in [0.1, 0.15) is 5.15 Å². The van der Waals surface area contributed by atoms with E-state index in [-0.39, 0.29) is 5.97 Å². The Hall–Kier alpha value is -0.810. The summed E-state index contributed by atoms with van der Waals surface area (Å²) in [5.74, 6) is -0.223. The Kier molecular flexibility index (Phi) is 4.16. The van der Waals surface area contributed by atoms with Gasteiger partial charge in [0, 0.05) is 19.0 Å². The van der Waals surface area contributed by atoms with Gasteiger partial charge >= 0.3 is 5.97 Å². The van der Waals surface area contributed by atoms with Crippen LogP contribution in [0.5, 0.6) is 0 Å². The second kappa shape index (κ2) is 5.17. The second-order valence-corrected chi connectivity index (χ2v) is 3.92. The topological polar surface area (TPSA) is 42.4 Å². The maximum atomic E-state index is 10.9. The molecule has 0 saturated carbocycles. The molecule has 0 aliphatic rings. The zero-order valence-corrected chi connectivity index (χ0v) is 9.56. The van der Waals surface area contributed by atoms with Crippen molar-refractivity contribution in [3.8, 4) is 0 Å². The molecular weight excluding hydrogens is 224 g/mol. The van der Waals surface area contributed by atoms with Crippen LogP contribution in [0.3, 0.4) is 0 Å². The van der Waals surface area contributed by atoms with Gasteiger partial charge in [0.25, 0.3) is 0 Å². The van der Waals surface area contributed by atoms with Crippen LogP contribution in [-0.4, -0.2) is 31.7 Å². The predicted molar refractivity (Wildman–Crippen MR) is 57.0 cm³/mol. The predicted octanol–water partition coefficient (Wildman–Crippen LogP) is 1.80. The highest BCUT2D eigenvalue weighted by Crippen LogP contribution is 2.22. The van der Waals surface area contributed by atoms with Crippen molar-refractivity contribution >= 4 is 34.0 Å². The van der Waals surface area contributed by atoms with E-state index in [2.05, 4.69) is 9.72 Å². The molecule has 0 saturated heterocycles. The van der Waals surface area contributed by atoms with Gasteiger partial charge < -0.3 is 9.64 Å². The lowest BCUT2D eigenvalue weighted by molar-refractivity contribution is -0.140. The quantitative estimate of drug-likeness (QED) is 0.745. The summed E-state index contributed by atoms with van der Waals surface area (Å²) in [5.41, 5.74) is 0. The van der Waals surface area contributed by atoms with Gasteiger partial charge in [0.15, 0.2) is 5.13 Å². The number of ether oxygens (including phenoxy) is 1. The molecule has 78 valence electrons. The van der Waals surface area contributed by atoms with Crippen molar-refractivity contribution in [1.29, 1.82) is 0 Å². The third-order valence-electron chi connectivity index (χ3n) is 1.67. The highest BCUT2D eigenvalue weighted by molar-refractivity contribution is 7.14. The Bertz CT molecular complexity index is 316. The molecule has 0 N–H and O–H groups in total. The van der Waals surface area contributed by atoms with Gasteiger partial charge in [-0.05, 0) is 0 Å². The summed E-state index contributed by atoms with van der Waals surface area (Å²) < 4.78 is 4.53. The molecule has 0 aliphatic heterocycles. The zero-order valence-electron chi connectivity index (χ0n) is 7.99. The normalized spacial score (nSPS) is 9.93. The molecule has 4 nitrogen and oxygen atoms in total. The first-order chi connectivity index (χ1) is 6.63. The number of anilines is 1. The van der Waals surface area contributed by atoms with Gasteiger partial charge in [0.2, 0.25) is 0 Å². The summed E-state index contributed by atoms with van der Waals surface area (Å²) in [6, 6.07) is 0. The van der Waals surface area contributed by atoms with Crippen LogP contribution in [-0.2, 0) is 9.53 Å². The molecule has 0 aliphatic carbocycles. The number of halogens is 1. The molecular formula is C8H11ClN2O2S. The number of thiazole rings is 1. The van der Waals surface area contributed by atoms with E-state index >= 15 is 0 Å². The molecule has 0 amide bonds. The molecule has 1 rings (SSSR count). The lowest BCUT2D eigenvalue weighted by atomic mass is 10.4. The summed E-state index contributed by atoms with van der Waals surface area (Å²) in [6.45, 7) is 0.580. The van der Waals surface area contributed by atoms with Crippen LogP contribution >= 0.6 is 22.9 Å². The van der Waals surface area contributed by atoms with Crippen molar-refractivity contribution in [2.75, 3.05) is 25.6 Å². The number of carbonyl (C=O) groups is 1. The van der Waals surface area contributed by atoms with Gasteiger partial charge in [-0.25, -0.2) is 4.98 Å². The minimum absolute atomic E-state index is 0.223. The number of hydrogen-bond acceptors (Lipinski definition) is 5. The summed E-state index contributed by atoms with van der Waals surface area (Å²) in [6.07, 6.45) is 0.351. The van der Waals surface area contributed by atoms with Crippen molar-refractivity contribution in [3.05, 3.63) is 10.5 Å². The molecule has 1 aromatic heterocycles. The Morgan fingerprint density at radius 2 is 2.50 bits per heavy atom. The fourth-order valence-electron chi connectivity index (χ4n) is 0.877. The molecule has 0 radical (unpaired) electrons. The minimum atomic E-state index is -0.223. The lowest BCUT2D eigenvalue weighted by Crippen LogP contribution is -2.21. The lowest BCUT2D eigenvalue weighted by Gasteiger charge is -2.13. The van der Waals surface area contributed by atoms with Gasteiger partial charge in [0.05, 0.1) is 13.5 Å². The van der Waals surface area contributed by atoms with E-state index in [1.807, 2.05) is 11.9 Å². The number of rotatable bonds is 4.